The highest BCUT2D eigenvalue weighted by Crippen LogP contribution is 2.40. The molecule has 0 saturated heterocycles. The zero-order valence-corrected chi connectivity index (χ0v) is 9.63. The molecular formula is C13H20O. The van der Waals surface area contributed by atoms with E-state index in [0.29, 0.717) is 5.92 Å². The number of hydrogen-bond donors (Lipinski definition) is 0. The number of rotatable bonds is 3. The Morgan fingerprint density at radius 2 is 2.14 bits per heavy atom. The van der Waals surface area contributed by atoms with E-state index in [-0.39, 0.29) is 11.2 Å². The van der Waals surface area contributed by atoms with E-state index in [2.05, 4.69) is 33.8 Å². The van der Waals surface area contributed by atoms with Crippen LogP contribution in [0.4, 0.5) is 0 Å². The summed E-state index contributed by atoms with van der Waals surface area (Å²) in [4.78, 5) is 11.2. The molecule has 0 fully saturated rings. The molecule has 0 saturated carbocycles. The lowest BCUT2D eigenvalue weighted by Crippen LogP contribution is -2.27. The van der Waals surface area contributed by atoms with E-state index in [1.807, 2.05) is 0 Å². The minimum absolute atomic E-state index is 0.0872. The smallest absolute Gasteiger partial charge is 0.178 e. The fourth-order valence-electron chi connectivity index (χ4n) is 2.09. The zero-order valence-electron chi connectivity index (χ0n) is 9.63. The fraction of sp³-hybridized carbons (Fsp3) is 0.615. The van der Waals surface area contributed by atoms with E-state index in [0.717, 1.165) is 0 Å². The number of ketones is 1. The molecule has 1 rings (SSSR count). The molecule has 0 N–H and O–H groups in total. The van der Waals surface area contributed by atoms with Crippen LogP contribution in [-0.2, 0) is 4.79 Å². The summed E-state index contributed by atoms with van der Waals surface area (Å²) in [6, 6.07) is 0. The van der Waals surface area contributed by atoms with E-state index in [4.69, 9.17) is 0 Å². The Hall–Kier alpha value is -0.850. The van der Waals surface area contributed by atoms with Crippen molar-refractivity contribution in [1.29, 1.82) is 0 Å². The van der Waals surface area contributed by atoms with E-state index < -0.39 is 0 Å². The molecule has 1 aliphatic carbocycles. The summed E-state index contributed by atoms with van der Waals surface area (Å²) >= 11 is 0. The molecule has 0 aliphatic heterocycles. The molecule has 0 aromatic rings. The maximum absolute atomic E-state index is 11.2. The van der Waals surface area contributed by atoms with Crippen molar-refractivity contribution in [1.82, 2.24) is 0 Å². The van der Waals surface area contributed by atoms with Gasteiger partial charge in [0.15, 0.2) is 5.78 Å². The summed E-state index contributed by atoms with van der Waals surface area (Å²) in [5.41, 5.74) is 1.29. The van der Waals surface area contributed by atoms with Gasteiger partial charge in [0, 0.05) is 5.41 Å². The van der Waals surface area contributed by atoms with Crippen LogP contribution in [0.25, 0.3) is 0 Å². The Kier molecular flexibility index (Phi) is 3.30. The molecule has 0 radical (unpaired) electrons. The topological polar surface area (TPSA) is 17.1 Å². The van der Waals surface area contributed by atoms with Gasteiger partial charge >= 0.3 is 0 Å². The Bertz CT molecular complexity index is 286. The molecule has 0 aromatic carbocycles. The van der Waals surface area contributed by atoms with Gasteiger partial charge in [0.05, 0.1) is 0 Å². The SMILES string of the molecule is CCCC(C)C1(C)C=CC(=O)C=C1C. The maximum Gasteiger partial charge on any atom is 0.178 e. The first-order chi connectivity index (χ1) is 6.50. The summed E-state index contributed by atoms with van der Waals surface area (Å²) in [6.45, 7) is 8.76. The molecule has 1 aliphatic rings. The lowest BCUT2D eigenvalue weighted by Gasteiger charge is -2.35. The van der Waals surface area contributed by atoms with Crippen molar-refractivity contribution in [2.24, 2.45) is 11.3 Å². The van der Waals surface area contributed by atoms with E-state index >= 15 is 0 Å². The van der Waals surface area contributed by atoms with Crippen molar-refractivity contribution < 1.29 is 4.79 Å². The quantitative estimate of drug-likeness (QED) is 0.668. The predicted octanol–water partition coefficient (Wildman–Crippen LogP) is 3.51. The second kappa shape index (κ2) is 4.12. The van der Waals surface area contributed by atoms with E-state index in [1.165, 1.54) is 18.4 Å². The van der Waals surface area contributed by atoms with Gasteiger partial charge in [-0.05, 0) is 31.4 Å². The Morgan fingerprint density at radius 1 is 1.50 bits per heavy atom. The van der Waals surface area contributed by atoms with Crippen LogP contribution in [0.15, 0.2) is 23.8 Å². The van der Waals surface area contributed by atoms with Gasteiger partial charge in [0.25, 0.3) is 0 Å². The van der Waals surface area contributed by atoms with Gasteiger partial charge in [-0.15, -0.1) is 0 Å². The van der Waals surface area contributed by atoms with Crippen LogP contribution in [0.2, 0.25) is 0 Å². The third kappa shape index (κ3) is 1.97. The lowest BCUT2D eigenvalue weighted by molar-refractivity contribution is -0.110. The zero-order chi connectivity index (χ0) is 10.8. The fourth-order valence-corrected chi connectivity index (χ4v) is 2.09. The Balaban J connectivity index is 2.89. The van der Waals surface area contributed by atoms with E-state index in [1.54, 1.807) is 12.2 Å². The molecule has 14 heavy (non-hydrogen) atoms. The molecule has 1 nitrogen and oxygen atoms in total. The molecular weight excluding hydrogens is 172 g/mol. The molecule has 0 aromatic heterocycles. The summed E-state index contributed by atoms with van der Waals surface area (Å²) in [5.74, 6) is 0.733. The highest BCUT2D eigenvalue weighted by Gasteiger charge is 2.31. The van der Waals surface area contributed by atoms with Gasteiger partial charge in [0.1, 0.15) is 0 Å². The van der Waals surface area contributed by atoms with Gasteiger partial charge < -0.3 is 0 Å². The average molecular weight is 192 g/mol. The molecule has 0 amide bonds. The summed E-state index contributed by atoms with van der Waals surface area (Å²) < 4.78 is 0. The van der Waals surface area contributed by atoms with Crippen LogP contribution >= 0.6 is 0 Å². The summed E-state index contributed by atoms with van der Waals surface area (Å²) in [5, 5.41) is 0. The largest absolute Gasteiger partial charge is 0.290 e. The molecule has 0 spiro atoms. The normalized spacial score (nSPS) is 28.9. The molecule has 2 unspecified atom stereocenters. The predicted molar refractivity (Wildman–Crippen MR) is 60.1 cm³/mol. The summed E-state index contributed by atoms with van der Waals surface area (Å²) in [7, 11) is 0. The Morgan fingerprint density at radius 3 is 2.64 bits per heavy atom. The molecule has 2 atom stereocenters. The van der Waals surface area contributed by atoms with Crippen molar-refractivity contribution in [2.75, 3.05) is 0 Å². The third-order valence-electron chi connectivity index (χ3n) is 3.55. The molecule has 78 valence electrons. The molecule has 1 heteroatoms. The van der Waals surface area contributed by atoms with Gasteiger partial charge in [-0.3, -0.25) is 4.79 Å². The minimum Gasteiger partial charge on any atom is -0.290 e. The maximum atomic E-state index is 11.2. The summed E-state index contributed by atoms with van der Waals surface area (Å²) in [6.07, 6.45) is 7.96. The lowest BCUT2D eigenvalue weighted by atomic mass is 9.69. The van der Waals surface area contributed by atoms with Gasteiger partial charge in [-0.1, -0.05) is 38.8 Å². The van der Waals surface area contributed by atoms with E-state index in [9.17, 15) is 4.79 Å². The molecule has 0 bridgehead atoms. The van der Waals surface area contributed by atoms with Crippen molar-refractivity contribution in [3.63, 3.8) is 0 Å². The van der Waals surface area contributed by atoms with Crippen molar-refractivity contribution >= 4 is 5.78 Å². The second-order valence-electron chi connectivity index (χ2n) is 4.54. The highest BCUT2D eigenvalue weighted by molar-refractivity contribution is 6.01. The number of allylic oxidation sites excluding steroid dienone is 4. The number of carbonyl (C=O) groups excluding carboxylic acids is 1. The number of hydrogen-bond acceptors (Lipinski definition) is 1. The van der Waals surface area contributed by atoms with Gasteiger partial charge in [0.2, 0.25) is 0 Å². The first-order valence-electron chi connectivity index (χ1n) is 5.42. The van der Waals surface area contributed by atoms with Crippen LogP contribution in [0.3, 0.4) is 0 Å². The minimum atomic E-state index is 0.0872. The van der Waals surface area contributed by atoms with Gasteiger partial charge in [-0.2, -0.15) is 0 Å². The van der Waals surface area contributed by atoms with Crippen molar-refractivity contribution in [3.8, 4) is 0 Å². The van der Waals surface area contributed by atoms with Crippen LogP contribution in [-0.4, -0.2) is 5.78 Å². The average Bonchev–Trinajstić information content (AvgIpc) is 2.12. The number of carbonyl (C=O) groups is 1. The van der Waals surface area contributed by atoms with Crippen LogP contribution in [0, 0.1) is 11.3 Å². The van der Waals surface area contributed by atoms with Crippen molar-refractivity contribution in [3.05, 3.63) is 23.8 Å². The standard InChI is InChI=1S/C13H20O/c1-5-6-10(2)13(4)8-7-12(14)9-11(13)3/h7-10H,5-6H2,1-4H3. The highest BCUT2D eigenvalue weighted by atomic mass is 16.1. The third-order valence-corrected chi connectivity index (χ3v) is 3.55. The first-order valence-corrected chi connectivity index (χ1v) is 5.42. The van der Waals surface area contributed by atoms with Crippen LogP contribution < -0.4 is 0 Å². The first kappa shape index (κ1) is 11.2. The van der Waals surface area contributed by atoms with Crippen LogP contribution in [0.5, 0.6) is 0 Å². The van der Waals surface area contributed by atoms with Gasteiger partial charge in [-0.25, -0.2) is 0 Å². The van der Waals surface area contributed by atoms with Crippen molar-refractivity contribution in [2.45, 2.75) is 40.5 Å². The Labute approximate surface area is 86.9 Å². The molecule has 0 heterocycles. The monoisotopic (exact) mass is 192 g/mol. The second-order valence-corrected chi connectivity index (χ2v) is 4.54. The van der Waals surface area contributed by atoms with Crippen LogP contribution in [0.1, 0.15) is 40.5 Å².